The molecule has 1 aromatic heterocycles. The Balaban J connectivity index is 1.54. The first-order valence-corrected chi connectivity index (χ1v) is 8.51. The van der Waals surface area contributed by atoms with Gasteiger partial charge in [-0.3, -0.25) is 9.59 Å². The van der Waals surface area contributed by atoms with Crippen molar-refractivity contribution in [1.82, 2.24) is 5.32 Å². The Labute approximate surface area is 152 Å². The molecule has 0 saturated heterocycles. The largest absolute Gasteiger partial charge is 0.464 e. The second kappa shape index (κ2) is 7.87. The number of nitrogens with one attached hydrogen (secondary N) is 1. The molecule has 0 saturated carbocycles. The maximum atomic E-state index is 12.2. The highest BCUT2D eigenvalue weighted by molar-refractivity contribution is 5.88. The van der Waals surface area contributed by atoms with Crippen LogP contribution in [0.4, 0.5) is 0 Å². The van der Waals surface area contributed by atoms with Crippen LogP contribution < -0.4 is 5.32 Å². The van der Waals surface area contributed by atoms with Crippen LogP contribution in [-0.4, -0.2) is 18.0 Å². The Morgan fingerprint density at radius 2 is 1.92 bits per heavy atom. The Morgan fingerprint density at radius 1 is 1.15 bits per heavy atom. The van der Waals surface area contributed by atoms with Crippen molar-refractivity contribution < 1.29 is 18.7 Å². The van der Waals surface area contributed by atoms with Crippen molar-refractivity contribution in [3.63, 3.8) is 0 Å². The van der Waals surface area contributed by atoms with E-state index in [1.54, 1.807) is 13.2 Å². The minimum atomic E-state index is -0.855. The smallest absolute Gasteiger partial charge is 0.311 e. The number of ether oxygens (including phenoxy) is 1. The third kappa shape index (κ3) is 4.30. The molecule has 0 aliphatic heterocycles. The van der Waals surface area contributed by atoms with Gasteiger partial charge >= 0.3 is 5.97 Å². The van der Waals surface area contributed by atoms with Gasteiger partial charge in [0.2, 0.25) is 0 Å². The molecule has 1 amide bonds. The van der Waals surface area contributed by atoms with Gasteiger partial charge in [-0.15, -0.1) is 0 Å². The van der Waals surface area contributed by atoms with E-state index in [1.807, 2.05) is 55.5 Å². The number of carbonyl (C=O) groups is 2. The molecule has 0 spiro atoms. The van der Waals surface area contributed by atoms with E-state index in [0.29, 0.717) is 6.54 Å². The van der Waals surface area contributed by atoms with Crippen molar-refractivity contribution in [3.05, 3.63) is 71.5 Å². The van der Waals surface area contributed by atoms with Crippen molar-refractivity contribution in [1.29, 1.82) is 0 Å². The van der Waals surface area contributed by atoms with Crippen LogP contribution in [0.25, 0.3) is 11.0 Å². The summed E-state index contributed by atoms with van der Waals surface area (Å²) >= 11 is 0. The molecule has 0 bridgehead atoms. The molecule has 1 N–H and O–H groups in total. The maximum Gasteiger partial charge on any atom is 0.311 e. The van der Waals surface area contributed by atoms with Gasteiger partial charge in [-0.2, -0.15) is 0 Å². The zero-order valence-electron chi connectivity index (χ0n) is 14.8. The molecular formula is C21H21NO4. The molecule has 0 radical (unpaired) electrons. The first-order valence-electron chi connectivity index (χ1n) is 8.51. The van der Waals surface area contributed by atoms with Crippen LogP contribution in [0.1, 0.15) is 23.6 Å². The van der Waals surface area contributed by atoms with Crippen LogP contribution in [0.5, 0.6) is 0 Å². The Bertz CT molecular complexity index is 914. The second-order valence-electron chi connectivity index (χ2n) is 6.27. The zero-order valence-corrected chi connectivity index (χ0v) is 14.8. The van der Waals surface area contributed by atoms with Gasteiger partial charge in [0.05, 0.1) is 12.7 Å². The van der Waals surface area contributed by atoms with Gasteiger partial charge in [0.25, 0.3) is 5.91 Å². The number of hydrogen-bond donors (Lipinski definition) is 1. The number of carbonyl (C=O) groups excluding carboxylic acids is 2. The van der Waals surface area contributed by atoms with Crippen LogP contribution in [0.3, 0.4) is 0 Å². The minimum Gasteiger partial charge on any atom is -0.464 e. The molecule has 0 fully saturated rings. The lowest BCUT2D eigenvalue weighted by molar-refractivity contribution is -0.154. The minimum absolute atomic E-state index is 0.0619. The van der Waals surface area contributed by atoms with Crippen molar-refractivity contribution in [3.8, 4) is 0 Å². The van der Waals surface area contributed by atoms with Gasteiger partial charge < -0.3 is 14.5 Å². The fraction of sp³-hybridized carbons (Fsp3) is 0.238. The third-order valence-corrected chi connectivity index (χ3v) is 4.13. The summed E-state index contributed by atoms with van der Waals surface area (Å²) in [4.78, 5) is 24.3. The summed E-state index contributed by atoms with van der Waals surface area (Å²) in [6.45, 7) is 3.94. The Kier molecular flexibility index (Phi) is 5.37. The fourth-order valence-corrected chi connectivity index (χ4v) is 2.70. The summed E-state index contributed by atoms with van der Waals surface area (Å²) in [5, 5.41) is 3.65. The number of amides is 1. The van der Waals surface area contributed by atoms with E-state index in [9.17, 15) is 9.59 Å². The van der Waals surface area contributed by atoms with Crippen LogP contribution in [0.15, 0.2) is 59.2 Å². The van der Waals surface area contributed by atoms with Gasteiger partial charge in [-0.1, -0.05) is 42.5 Å². The fourth-order valence-electron chi connectivity index (χ4n) is 2.70. The molecule has 5 nitrogen and oxygen atoms in total. The highest BCUT2D eigenvalue weighted by Gasteiger charge is 2.19. The van der Waals surface area contributed by atoms with Gasteiger partial charge in [0, 0.05) is 17.5 Å². The molecule has 0 aliphatic rings. The summed E-state index contributed by atoms with van der Waals surface area (Å²) in [7, 11) is 0. The number of benzene rings is 2. The molecule has 1 heterocycles. The average Bonchev–Trinajstić information content (AvgIpc) is 3.02. The van der Waals surface area contributed by atoms with Crippen molar-refractivity contribution in [2.45, 2.75) is 32.9 Å². The number of furan rings is 1. The van der Waals surface area contributed by atoms with Gasteiger partial charge in [0.15, 0.2) is 6.10 Å². The Morgan fingerprint density at radius 3 is 2.69 bits per heavy atom. The van der Waals surface area contributed by atoms with Crippen molar-refractivity contribution >= 4 is 22.8 Å². The lowest BCUT2D eigenvalue weighted by atomic mass is 10.1. The van der Waals surface area contributed by atoms with E-state index in [1.165, 1.54) is 0 Å². The zero-order chi connectivity index (χ0) is 18.5. The van der Waals surface area contributed by atoms with E-state index >= 15 is 0 Å². The number of rotatable bonds is 6. The monoisotopic (exact) mass is 351 g/mol. The van der Waals surface area contributed by atoms with E-state index in [2.05, 4.69) is 5.32 Å². The maximum absolute atomic E-state index is 12.2. The number of aryl methyl sites for hydroxylation is 1. The molecule has 3 rings (SSSR count). The normalized spacial score (nSPS) is 11.9. The van der Waals surface area contributed by atoms with Crippen molar-refractivity contribution in [2.24, 2.45) is 0 Å². The summed E-state index contributed by atoms with van der Waals surface area (Å²) < 4.78 is 10.7. The van der Waals surface area contributed by atoms with Gasteiger partial charge in [-0.25, -0.2) is 0 Å². The van der Waals surface area contributed by atoms with Crippen LogP contribution in [0.2, 0.25) is 0 Å². The van der Waals surface area contributed by atoms with E-state index < -0.39 is 12.1 Å². The van der Waals surface area contributed by atoms with Gasteiger partial charge in [0.1, 0.15) is 5.58 Å². The van der Waals surface area contributed by atoms with Crippen molar-refractivity contribution in [2.75, 3.05) is 0 Å². The summed E-state index contributed by atoms with van der Waals surface area (Å²) in [6, 6.07) is 15.4. The summed E-state index contributed by atoms with van der Waals surface area (Å²) in [5.74, 6) is -0.787. The molecule has 2 aromatic carbocycles. The molecule has 3 aromatic rings. The van der Waals surface area contributed by atoms with Crippen LogP contribution in [0, 0.1) is 6.92 Å². The van der Waals surface area contributed by atoms with Crippen LogP contribution in [-0.2, 0) is 27.3 Å². The lowest BCUT2D eigenvalue weighted by Crippen LogP contribution is -2.35. The molecule has 0 aliphatic carbocycles. The molecule has 5 heteroatoms. The lowest BCUT2D eigenvalue weighted by Gasteiger charge is -2.13. The summed E-state index contributed by atoms with van der Waals surface area (Å²) in [6.07, 6.45) is 0.768. The van der Waals surface area contributed by atoms with E-state index in [0.717, 1.165) is 27.7 Å². The van der Waals surface area contributed by atoms with Gasteiger partial charge in [-0.05, 0) is 31.0 Å². The number of fused-ring (bicyclic) bond motifs is 1. The number of esters is 1. The summed E-state index contributed by atoms with van der Waals surface area (Å²) in [5.41, 5.74) is 3.56. The molecule has 1 atom stereocenters. The Hall–Kier alpha value is -3.08. The average molecular weight is 351 g/mol. The highest BCUT2D eigenvalue weighted by atomic mass is 16.5. The number of hydrogen-bond acceptors (Lipinski definition) is 4. The third-order valence-electron chi connectivity index (χ3n) is 4.13. The SMILES string of the molecule is Cc1ccc2c(CC(=O)O[C@H](C)C(=O)NCc3ccccc3)coc2c1. The molecule has 0 unspecified atom stereocenters. The standard InChI is InChI=1S/C21H21NO4/c1-14-8-9-18-17(13-25-19(18)10-14)11-20(23)26-15(2)21(24)22-12-16-6-4-3-5-7-16/h3-10,13,15H,11-12H2,1-2H3,(H,22,24)/t15-/m1/s1. The first-order chi connectivity index (χ1) is 12.5. The predicted molar refractivity (Wildman–Crippen MR) is 98.5 cm³/mol. The second-order valence-corrected chi connectivity index (χ2v) is 6.27. The van der Waals surface area contributed by atoms with E-state index in [-0.39, 0.29) is 12.3 Å². The molecule has 134 valence electrons. The predicted octanol–water partition coefficient (Wildman–Crippen LogP) is 3.53. The highest BCUT2D eigenvalue weighted by Crippen LogP contribution is 2.23. The van der Waals surface area contributed by atoms with E-state index in [4.69, 9.17) is 9.15 Å². The quantitative estimate of drug-likeness (QED) is 0.690. The molecular weight excluding hydrogens is 330 g/mol. The topological polar surface area (TPSA) is 68.5 Å². The molecule has 26 heavy (non-hydrogen) atoms. The first kappa shape index (κ1) is 17.7. The van der Waals surface area contributed by atoms with Crippen LogP contribution >= 0.6 is 0 Å².